The molecule has 0 spiro atoms. The van der Waals surface area contributed by atoms with Crippen LogP contribution in [0.3, 0.4) is 0 Å². The quantitative estimate of drug-likeness (QED) is 0.443. The van der Waals surface area contributed by atoms with E-state index in [-0.39, 0.29) is 10.5 Å². The molecule has 3 heterocycles. The van der Waals surface area contributed by atoms with Gasteiger partial charge < -0.3 is 9.88 Å². The predicted molar refractivity (Wildman–Crippen MR) is 115 cm³/mol. The van der Waals surface area contributed by atoms with Gasteiger partial charge in [-0.25, -0.2) is 4.98 Å². The Bertz CT molecular complexity index is 1300. The zero-order chi connectivity index (χ0) is 22.7. The van der Waals surface area contributed by atoms with E-state index < -0.39 is 17.3 Å². The van der Waals surface area contributed by atoms with Crippen LogP contribution in [-0.2, 0) is 11.7 Å². The number of benzene rings is 2. The van der Waals surface area contributed by atoms with E-state index in [0.29, 0.717) is 17.0 Å². The molecule has 0 bridgehead atoms. The smallest absolute Gasteiger partial charge is 0.357 e. The highest BCUT2D eigenvalue weighted by atomic mass is 35.5. The number of aromatic nitrogens is 5. The van der Waals surface area contributed by atoms with Gasteiger partial charge in [-0.2, -0.15) is 23.4 Å². The average molecular weight is 460 g/mol. The van der Waals surface area contributed by atoms with Gasteiger partial charge in [0.1, 0.15) is 17.0 Å². The van der Waals surface area contributed by atoms with E-state index in [2.05, 4.69) is 31.1 Å². The molecule has 10 heteroatoms. The highest BCUT2D eigenvalue weighted by Gasteiger charge is 2.42. The van der Waals surface area contributed by atoms with Gasteiger partial charge in [0.25, 0.3) is 0 Å². The molecule has 2 aromatic heterocycles. The molecular weight excluding hydrogens is 441 g/mol. The van der Waals surface area contributed by atoms with E-state index in [9.17, 15) is 13.2 Å². The molecule has 0 aliphatic carbocycles. The molecule has 4 aromatic rings. The van der Waals surface area contributed by atoms with Crippen LogP contribution in [0.1, 0.15) is 36.7 Å². The molecule has 6 nitrogen and oxygen atoms in total. The second-order valence-corrected chi connectivity index (χ2v) is 8.60. The van der Waals surface area contributed by atoms with Crippen molar-refractivity contribution in [3.63, 3.8) is 0 Å². The first kappa shape index (κ1) is 20.8. The van der Waals surface area contributed by atoms with Crippen LogP contribution in [0.4, 0.5) is 18.9 Å². The minimum Gasteiger partial charge on any atom is -0.357 e. The second-order valence-electron chi connectivity index (χ2n) is 8.20. The molecule has 1 N–H and O–H groups in total. The SMILES string of the molecule is Cc1c[c]c(-n2nccn2)c(N2CCC[C@@]2(C)c2nc3c(Cl)cc(C(F)(F)F)cc3[nH]2)c1. The number of H-pyrrole nitrogens is 1. The fourth-order valence-corrected chi connectivity index (χ4v) is 4.63. The number of aryl methyl sites for hydroxylation is 1. The van der Waals surface area contributed by atoms with Gasteiger partial charge in [0.05, 0.1) is 39.7 Å². The predicted octanol–water partition coefficient (Wildman–Crippen LogP) is 5.44. The molecule has 0 amide bonds. The largest absolute Gasteiger partial charge is 0.416 e. The van der Waals surface area contributed by atoms with Crippen LogP contribution in [0.25, 0.3) is 16.7 Å². The zero-order valence-electron chi connectivity index (χ0n) is 17.3. The van der Waals surface area contributed by atoms with Crippen LogP contribution in [0.15, 0.2) is 36.7 Å². The Labute approximate surface area is 187 Å². The number of rotatable bonds is 3. The van der Waals surface area contributed by atoms with Gasteiger partial charge in [0.15, 0.2) is 0 Å². The van der Waals surface area contributed by atoms with Crippen LogP contribution < -0.4 is 4.90 Å². The van der Waals surface area contributed by atoms with Crippen LogP contribution in [-0.4, -0.2) is 31.5 Å². The lowest BCUT2D eigenvalue weighted by atomic mass is 9.97. The lowest BCUT2D eigenvalue weighted by Gasteiger charge is -2.36. The maximum atomic E-state index is 13.3. The number of alkyl halides is 3. The van der Waals surface area contributed by atoms with Crippen molar-refractivity contribution in [1.82, 2.24) is 25.0 Å². The molecule has 32 heavy (non-hydrogen) atoms. The number of fused-ring (bicyclic) bond motifs is 1. The van der Waals surface area contributed by atoms with E-state index >= 15 is 0 Å². The summed E-state index contributed by atoms with van der Waals surface area (Å²) in [5.41, 5.74) is 1.78. The Balaban J connectivity index is 1.64. The first-order valence-electron chi connectivity index (χ1n) is 10.1. The van der Waals surface area contributed by atoms with Gasteiger partial charge in [-0.15, -0.1) is 4.80 Å². The molecule has 1 saturated heterocycles. The molecule has 1 atom stereocenters. The summed E-state index contributed by atoms with van der Waals surface area (Å²) in [7, 11) is 0. The zero-order valence-corrected chi connectivity index (χ0v) is 18.1. The Morgan fingerprint density at radius 1 is 1.19 bits per heavy atom. The van der Waals surface area contributed by atoms with Crippen molar-refractivity contribution in [2.24, 2.45) is 0 Å². The average Bonchev–Trinajstić information content (AvgIpc) is 3.47. The standard InChI is InChI=1S/C22H19ClF3N6/c1-13-4-5-17(32-27-7-8-28-32)18(10-13)31-9-3-6-21(31,2)20-29-16-12-14(22(24,25)26)11-15(23)19(16)30-20/h4,7-8,10-12H,3,6,9H2,1-2H3,(H,29,30)/t21-/m0/s1. The molecule has 1 aliphatic rings. The van der Waals surface area contributed by atoms with E-state index in [4.69, 9.17) is 11.6 Å². The molecule has 0 saturated carbocycles. The van der Waals surface area contributed by atoms with Crippen molar-refractivity contribution in [2.75, 3.05) is 11.4 Å². The van der Waals surface area contributed by atoms with Crippen molar-refractivity contribution in [3.05, 3.63) is 64.7 Å². The Morgan fingerprint density at radius 2 is 1.94 bits per heavy atom. The highest BCUT2D eigenvalue weighted by Crippen LogP contribution is 2.44. The summed E-state index contributed by atoms with van der Waals surface area (Å²) in [5, 5.41) is 8.46. The molecule has 2 aromatic carbocycles. The first-order valence-corrected chi connectivity index (χ1v) is 10.5. The number of imidazole rings is 1. The summed E-state index contributed by atoms with van der Waals surface area (Å²) in [6, 6.07) is 9.13. The minimum atomic E-state index is -4.49. The van der Waals surface area contributed by atoms with Crippen LogP contribution in [0.5, 0.6) is 0 Å². The molecule has 1 radical (unpaired) electrons. The third-order valence-electron chi connectivity index (χ3n) is 5.97. The third kappa shape index (κ3) is 3.31. The minimum absolute atomic E-state index is 0.0317. The fraction of sp³-hybridized carbons (Fsp3) is 0.318. The summed E-state index contributed by atoms with van der Waals surface area (Å²) in [6.45, 7) is 4.74. The van der Waals surface area contributed by atoms with Gasteiger partial charge in [-0.1, -0.05) is 11.6 Å². The fourth-order valence-electron chi connectivity index (χ4n) is 4.37. The van der Waals surface area contributed by atoms with E-state index in [1.165, 1.54) is 4.80 Å². The number of nitrogens with zero attached hydrogens (tertiary/aromatic N) is 5. The van der Waals surface area contributed by atoms with Crippen molar-refractivity contribution < 1.29 is 13.2 Å². The lowest BCUT2D eigenvalue weighted by Crippen LogP contribution is -2.40. The van der Waals surface area contributed by atoms with Crippen molar-refractivity contribution in [2.45, 2.75) is 38.4 Å². The normalized spacial score (nSPS) is 19.2. The number of halogens is 4. The summed E-state index contributed by atoms with van der Waals surface area (Å²) in [5.74, 6) is 0.562. The van der Waals surface area contributed by atoms with Gasteiger partial charge in [-0.05, 0) is 56.5 Å². The van der Waals surface area contributed by atoms with Gasteiger partial charge >= 0.3 is 6.18 Å². The van der Waals surface area contributed by atoms with E-state index in [1.54, 1.807) is 12.4 Å². The molecule has 165 valence electrons. The Hall–Kier alpha value is -3.07. The first-order chi connectivity index (χ1) is 15.2. The number of hydrogen-bond acceptors (Lipinski definition) is 4. The second kappa shape index (κ2) is 7.23. The van der Waals surface area contributed by atoms with E-state index in [0.717, 1.165) is 42.8 Å². The number of nitrogens with one attached hydrogen (secondary N) is 1. The van der Waals surface area contributed by atoms with E-state index in [1.807, 2.05) is 26.0 Å². The van der Waals surface area contributed by atoms with Crippen molar-refractivity contribution in [3.8, 4) is 5.69 Å². The Morgan fingerprint density at radius 3 is 2.66 bits per heavy atom. The maximum absolute atomic E-state index is 13.3. The Kier molecular flexibility index (Phi) is 4.70. The van der Waals surface area contributed by atoms with Gasteiger partial charge in [-0.3, -0.25) is 0 Å². The van der Waals surface area contributed by atoms with Crippen LogP contribution in [0, 0.1) is 13.0 Å². The lowest BCUT2D eigenvalue weighted by molar-refractivity contribution is -0.137. The monoisotopic (exact) mass is 459 g/mol. The van der Waals surface area contributed by atoms with Crippen LogP contribution in [0.2, 0.25) is 5.02 Å². The molecule has 1 aliphatic heterocycles. The summed E-state index contributed by atoms with van der Waals surface area (Å²) < 4.78 is 39.8. The maximum Gasteiger partial charge on any atom is 0.416 e. The molecule has 1 fully saturated rings. The van der Waals surface area contributed by atoms with Gasteiger partial charge in [0, 0.05) is 12.6 Å². The molecule has 5 rings (SSSR count). The van der Waals surface area contributed by atoms with Gasteiger partial charge in [0.2, 0.25) is 0 Å². The number of aromatic amines is 1. The van der Waals surface area contributed by atoms with Crippen molar-refractivity contribution in [1.29, 1.82) is 0 Å². The number of anilines is 1. The highest BCUT2D eigenvalue weighted by molar-refractivity contribution is 6.35. The topological polar surface area (TPSA) is 62.6 Å². The summed E-state index contributed by atoms with van der Waals surface area (Å²) in [4.78, 5) is 11.4. The number of hydrogen-bond donors (Lipinski definition) is 1. The summed E-state index contributed by atoms with van der Waals surface area (Å²) >= 11 is 6.18. The van der Waals surface area contributed by atoms with Crippen LogP contribution >= 0.6 is 11.6 Å². The summed E-state index contributed by atoms with van der Waals surface area (Å²) in [6.07, 6.45) is 0.348. The molecular formula is C22H19ClF3N6. The molecule has 0 unspecified atom stereocenters. The van der Waals surface area contributed by atoms with Crippen molar-refractivity contribution >= 4 is 28.3 Å². The third-order valence-corrected chi connectivity index (χ3v) is 6.26.